The fourth-order valence-corrected chi connectivity index (χ4v) is 1.09. The average Bonchev–Trinajstić information content (AvgIpc) is 2.40. The first-order valence-corrected chi connectivity index (χ1v) is 3.52. The van der Waals surface area contributed by atoms with Crippen molar-refractivity contribution in [1.82, 2.24) is 0 Å². The van der Waals surface area contributed by atoms with E-state index in [0.29, 0.717) is 11.8 Å². The van der Waals surface area contributed by atoms with Gasteiger partial charge < -0.3 is 9.47 Å². The maximum Gasteiger partial charge on any atom is 0.180 e. The van der Waals surface area contributed by atoms with E-state index in [-0.39, 0.29) is 0 Å². The van der Waals surface area contributed by atoms with Crippen LogP contribution >= 0.6 is 0 Å². The van der Waals surface area contributed by atoms with Gasteiger partial charge in [-0.3, -0.25) is 5.41 Å². The molecule has 0 amide bonds. The summed E-state index contributed by atoms with van der Waals surface area (Å²) in [5.41, 5.74) is 0. The zero-order valence-corrected chi connectivity index (χ0v) is 6.22. The van der Waals surface area contributed by atoms with E-state index in [4.69, 9.17) is 14.9 Å². The molecule has 1 fully saturated rings. The Kier molecular flexibility index (Phi) is 2.68. The van der Waals surface area contributed by atoms with Gasteiger partial charge in [-0.2, -0.15) is 0 Å². The first kappa shape index (κ1) is 7.54. The molecule has 10 heavy (non-hydrogen) atoms. The van der Waals surface area contributed by atoms with Crippen molar-refractivity contribution < 1.29 is 9.47 Å². The third-order valence-corrected chi connectivity index (χ3v) is 1.74. The Bertz CT molecular complexity index is 119. The summed E-state index contributed by atoms with van der Waals surface area (Å²) in [6, 6.07) is 0. The fourth-order valence-electron chi connectivity index (χ4n) is 1.09. The summed E-state index contributed by atoms with van der Waals surface area (Å²) in [5.74, 6) is 0.892. The van der Waals surface area contributed by atoms with Gasteiger partial charge in [-0.25, -0.2) is 0 Å². The van der Waals surface area contributed by atoms with Gasteiger partial charge in [-0.05, 0) is 12.3 Å². The fraction of sp³-hybridized carbons (Fsp3) is 0.857. The van der Waals surface area contributed by atoms with E-state index in [2.05, 4.69) is 0 Å². The number of rotatable bonds is 2. The monoisotopic (exact) mass is 143 g/mol. The molecule has 0 spiro atoms. The average molecular weight is 143 g/mol. The summed E-state index contributed by atoms with van der Waals surface area (Å²) in [5, 5.41) is 7.22. The van der Waals surface area contributed by atoms with Gasteiger partial charge in [-0.1, -0.05) is 0 Å². The molecule has 1 aliphatic heterocycles. The van der Waals surface area contributed by atoms with Gasteiger partial charge in [0.2, 0.25) is 0 Å². The normalized spacial score (nSPS) is 24.7. The standard InChI is InChI=1S/C7H13NO2/c1-9-7(8)4-6-2-3-10-5-6/h6,8H,2-5H2,1H3/t6-/m0/s1. The van der Waals surface area contributed by atoms with Crippen LogP contribution in [-0.2, 0) is 9.47 Å². The second kappa shape index (κ2) is 3.56. The highest BCUT2D eigenvalue weighted by Gasteiger charge is 2.17. The zero-order chi connectivity index (χ0) is 7.40. The van der Waals surface area contributed by atoms with Crippen molar-refractivity contribution >= 4 is 5.90 Å². The van der Waals surface area contributed by atoms with Gasteiger partial charge in [0.15, 0.2) is 5.90 Å². The Morgan fingerprint density at radius 2 is 2.60 bits per heavy atom. The summed E-state index contributed by atoms with van der Waals surface area (Å²) in [4.78, 5) is 0. The van der Waals surface area contributed by atoms with E-state index in [1.54, 1.807) is 0 Å². The lowest BCUT2D eigenvalue weighted by Crippen LogP contribution is -2.08. The highest BCUT2D eigenvalue weighted by molar-refractivity contribution is 5.72. The predicted octanol–water partition coefficient (Wildman–Crippen LogP) is 1.04. The minimum absolute atomic E-state index is 0.371. The molecule has 0 bridgehead atoms. The van der Waals surface area contributed by atoms with Gasteiger partial charge in [0.25, 0.3) is 0 Å². The van der Waals surface area contributed by atoms with Gasteiger partial charge >= 0.3 is 0 Å². The first-order chi connectivity index (χ1) is 4.83. The van der Waals surface area contributed by atoms with Gasteiger partial charge in [0, 0.05) is 19.6 Å². The van der Waals surface area contributed by atoms with Crippen molar-refractivity contribution in [3.05, 3.63) is 0 Å². The minimum atomic E-state index is 0.371. The molecule has 1 atom stereocenters. The highest BCUT2D eigenvalue weighted by atomic mass is 16.5. The Hall–Kier alpha value is -0.570. The van der Waals surface area contributed by atoms with Crippen molar-refractivity contribution in [2.24, 2.45) is 5.92 Å². The largest absolute Gasteiger partial charge is 0.484 e. The van der Waals surface area contributed by atoms with Crippen LogP contribution in [0.2, 0.25) is 0 Å². The molecule has 0 aromatic heterocycles. The van der Waals surface area contributed by atoms with Crippen LogP contribution in [-0.4, -0.2) is 26.2 Å². The molecule has 58 valence electrons. The van der Waals surface area contributed by atoms with Crippen molar-refractivity contribution in [2.75, 3.05) is 20.3 Å². The van der Waals surface area contributed by atoms with Crippen LogP contribution < -0.4 is 0 Å². The molecule has 0 unspecified atom stereocenters. The Morgan fingerprint density at radius 1 is 1.80 bits per heavy atom. The Morgan fingerprint density at radius 3 is 3.10 bits per heavy atom. The van der Waals surface area contributed by atoms with E-state index < -0.39 is 0 Å². The predicted molar refractivity (Wildman–Crippen MR) is 38.3 cm³/mol. The molecule has 3 nitrogen and oxygen atoms in total. The molecular weight excluding hydrogens is 130 g/mol. The van der Waals surface area contributed by atoms with Crippen LogP contribution in [0.4, 0.5) is 0 Å². The lowest BCUT2D eigenvalue weighted by molar-refractivity contribution is 0.185. The molecule has 3 heteroatoms. The maximum absolute atomic E-state index is 7.22. The molecule has 0 saturated carbocycles. The topological polar surface area (TPSA) is 42.3 Å². The van der Waals surface area contributed by atoms with E-state index in [1.807, 2.05) is 0 Å². The Balaban J connectivity index is 2.17. The quantitative estimate of drug-likeness (QED) is 0.463. The van der Waals surface area contributed by atoms with Crippen molar-refractivity contribution in [3.63, 3.8) is 0 Å². The summed E-state index contributed by atoms with van der Waals surface area (Å²) in [7, 11) is 1.54. The maximum atomic E-state index is 7.22. The molecule has 0 aromatic rings. The smallest absolute Gasteiger partial charge is 0.180 e. The number of ether oxygens (including phenoxy) is 2. The van der Waals surface area contributed by atoms with Gasteiger partial charge in [-0.15, -0.1) is 0 Å². The molecule has 1 aliphatic rings. The molecule has 0 aliphatic carbocycles. The molecule has 1 rings (SSSR count). The van der Waals surface area contributed by atoms with Crippen LogP contribution in [0.3, 0.4) is 0 Å². The molecular formula is C7H13NO2. The SMILES string of the molecule is COC(=N)C[C@@H]1CCOC1. The lowest BCUT2D eigenvalue weighted by atomic mass is 10.1. The van der Waals surface area contributed by atoms with E-state index in [0.717, 1.165) is 26.1 Å². The van der Waals surface area contributed by atoms with Crippen LogP contribution in [0.25, 0.3) is 0 Å². The summed E-state index contributed by atoms with van der Waals surface area (Å²) >= 11 is 0. The molecule has 0 aromatic carbocycles. The molecule has 1 saturated heterocycles. The van der Waals surface area contributed by atoms with Gasteiger partial charge in [0.1, 0.15) is 0 Å². The highest BCUT2D eigenvalue weighted by Crippen LogP contribution is 2.16. The first-order valence-electron chi connectivity index (χ1n) is 3.52. The zero-order valence-electron chi connectivity index (χ0n) is 6.22. The van der Waals surface area contributed by atoms with Crippen LogP contribution in [0.15, 0.2) is 0 Å². The summed E-state index contributed by atoms with van der Waals surface area (Å²) in [6.45, 7) is 1.65. The van der Waals surface area contributed by atoms with Crippen LogP contribution in [0, 0.1) is 11.3 Å². The van der Waals surface area contributed by atoms with E-state index >= 15 is 0 Å². The van der Waals surface area contributed by atoms with Gasteiger partial charge in [0.05, 0.1) is 7.11 Å². The summed E-state index contributed by atoms with van der Waals surface area (Å²) < 4.78 is 9.89. The number of nitrogens with one attached hydrogen (secondary N) is 1. The minimum Gasteiger partial charge on any atom is -0.484 e. The van der Waals surface area contributed by atoms with Crippen molar-refractivity contribution in [1.29, 1.82) is 5.41 Å². The van der Waals surface area contributed by atoms with Crippen molar-refractivity contribution in [2.45, 2.75) is 12.8 Å². The number of methoxy groups -OCH3 is 1. The van der Waals surface area contributed by atoms with Crippen molar-refractivity contribution in [3.8, 4) is 0 Å². The van der Waals surface area contributed by atoms with Crippen LogP contribution in [0.1, 0.15) is 12.8 Å². The molecule has 1 heterocycles. The number of hydrogen-bond donors (Lipinski definition) is 1. The van der Waals surface area contributed by atoms with E-state index in [1.165, 1.54) is 7.11 Å². The summed E-state index contributed by atoms with van der Waals surface area (Å²) in [6.07, 6.45) is 1.81. The Labute approximate surface area is 60.8 Å². The van der Waals surface area contributed by atoms with Crippen LogP contribution in [0.5, 0.6) is 0 Å². The van der Waals surface area contributed by atoms with E-state index in [9.17, 15) is 0 Å². The second-order valence-electron chi connectivity index (χ2n) is 2.56. The molecule has 0 radical (unpaired) electrons. The molecule has 1 N–H and O–H groups in total. The third-order valence-electron chi connectivity index (χ3n) is 1.74. The second-order valence-corrected chi connectivity index (χ2v) is 2.56. The lowest BCUT2D eigenvalue weighted by Gasteiger charge is -2.06. The third kappa shape index (κ3) is 1.99. The number of hydrogen-bond acceptors (Lipinski definition) is 3.